The predicted molar refractivity (Wildman–Crippen MR) is 110 cm³/mol. The summed E-state index contributed by atoms with van der Waals surface area (Å²) in [5, 5.41) is 39.1. The van der Waals surface area contributed by atoms with Gasteiger partial charge in [0.1, 0.15) is 11.5 Å². The van der Waals surface area contributed by atoms with Crippen LogP contribution in [-0.4, -0.2) is 20.4 Å². The average molecular weight is 378 g/mol. The summed E-state index contributed by atoms with van der Waals surface area (Å²) in [6, 6.07) is 16.8. The Morgan fingerprint density at radius 3 is 1.54 bits per heavy atom. The summed E-state index contributed by atoms with van der Waals surface area (Å²) in [6.07, 6.45) is 0.918. The van der Waals surface area contributed by atoms with Crippen molar-refractivity contribution in [1.29, 1.82) is 0 Å². The Morgan fingerprint density at radius 2 is 1.11 bits per heavy atom. The van der Waals surface area contributed by atoms with Crippen LogP contribution in [0.2, 0.25) is 0 Å². The Bertz CT molecular complexity index is 851. The van der Waals surface area contributed by atoms with E-state index in [0.29, 0.717) is 11.1 Å². The third kappa shape index (κ3) is 3.88. The number of hydrogen-bond acceptors (Lipinski definition) is 4. The molecule has 0 saturated heterocycles. The second kappa shape index (κ2) is 8.46. The SMILES string of the molecule is CCc1cc(C(c2ccc(O)c(CO)c2)c2ccc(O)c(CO)c2)ccc1C. The summed E-state index contributed by atoms with van der Waals surface area (Å²) < 4.78 is 0. The molecule has 146 valence electrons. The predicted octanol–water partition coefficient (Wildman–Crippen LogP) is 4.13. The molecule has 3 rings (SSSR count). The Kier molecular flexibility index (Phi) is 6.02. The first-order valence-electron chi connectivity index (χ1n) is 9.43. The van der Waals surface area contributed by atoms with Crippen LogP contribution in [0.15, 0.2) is 54.6 Å². The molecule has 0 unspecified atom stereocenters. The zero-order valence-corrected chi connectivity index (χ0v) is 16.2. The first kappa shape index (κ1) is 19.9. The van der Waals surface area contributed by atoms with Crippen LogP contribution in [0.5, 0.6) is 11.5 Å². The van der Waals surface area contributed by atoms with E-state index in [2.05, 4.69) is 32.0 Å². The molecule has 4 nitrogen and oxygen atoms in total. The molecule has 4 N–H and O–H groups in total. The van der Waals surface area contributed by atoms with Gasteiger partial charge in [-0.05, 0) is 65.4 Å². The number of aryl methyl sites for hydroxylation is 2. The zero-order valence-electron chi connectivity index (χ0n) is 16.2. The number of aliphatic hydroxyl groups is 2. The molecule has 4 heteroatoms. The highest BCUT2D eigenvalue weighted by Crippen LogP contribution is 2.36. The molecule has 0 amide bonds. The molecule has 0 atom stereocenters. The van der Waals surface area contributed by atoms with Crippen molar-refractivity contribution in [3.05, 3.63) is 93.5 Å². The van der Waals surface area contributed by atoms with Crippen LogP contribution < -0.4 is 0 Å². The molecule has 28 heavy (non-hydrogen) atoms. The number of hydrogen-bond donors (Lipinski definition) is 4. The first-order chi connectivity index (χ1) is 13.5. The summed E-state index contributed by atoms with van der Waals surface area (Å²) in [5.41, 5.74) is 6.33. The minimum atomic E-state index is -0.252. The van der Waals surface area contributed by atoms with Gasteiger partial charge in [0.15, 0.2) is 0 Å². The number of aliphatic hydroxyl groups excluding tert-OH is 2. The van der Waals surface area contributed by atoms with Gasteiger partial charge in [0.2, 0.25) is 0 Å². The number of benzene rings is 3. The summed E-state index contributed by atoms with van der Waals surface area (Å²) in [7, 11) is 0. The van der Waals surface area contributed by atoms with Crippen molar-refractivity contribution >= 4 is 0 Å². The standard InChI is InChI=1S/C24H26O4/c1-3-16-10-17(5-4-15(16)2)24(18-6-8-22(27)20(11-18)13-25)19-7-9-23(28)21(12-19)14-26/h4-12,24-28H,3,13-14H2,1-2H3. The largest absolute Gasteiger partial charge is 0.508 e. The highest BCUT2D eigenvalue weighted by molar-refractivity contribution is 5.50. The molecule has 0 aliphatic carbocycles. The van der Waals surface area contributed by atoms with Crippen LogP contribution >= 0.6 is 0 Å². The molecular weight excluding hydrogens is 352 g/mol. The van der Waals surface area contributed by atoms with Gasteiger partial charge in [0.25, 0.3) is 0 Å². The molecule has 0 heterocycles. The third-order valence-corrected chi connectivity index (χ3v) is 5.30. The fourth-order valence-electron chi connectivity index (χ4n) is 3.65. The lowest BCUT2D eigenvalue weighted by Gasteiger charge is -2.22. The Labute approximate surface area is 165 Å². The normalized spacial score (nSPS) is 11.2. The molecule has 0 saturated carbocycles. The van der Waals surface area contributed by atoms with Gasteiger partial charge in [0.05, 0.1) is 13.2 Å². The summed E-state index contributed by atoms with van der Waals surface area (Å²) >= 11 is 0. The van der Waals surface area contributed by atoms with Crippen LogP contribution in [-0.2, 0) is 19.6 Å². The maximum atomic E-state index is 9.97. The van der Waals surface area contributed by atoms with Gasteiger partial charge >= 0.3 is 0 Å². The molecule has 0 fully saturated rings. The maximum absolute atomic E-state index is 9.97. The lowest BCUT2D eigenvalue weighted by Crippen LogP contribution is -2.06. The molecule has 0 bridgehead atoms. The highest BCUT2D eigenvalue weighted by atomic mass is 16.3. The summed E-state index contributed by atoms with van der Waals surface area (Å²) in [4.78, 5) is 0. The smallest absolute Gasteiger partial charge is 0.121 e. The number of phenols is 2. The monoisotopic (exact) mass is 378 g/mol. The van der Waals surface area contributed by atoms with E-state index >= 15 is 0 Å². The van der Waals surface area contributed by atoms with Gasteiger partial charge in [-0.25, -0.2) is 0 Å². The van der Waals surface area contributed by atoms with Gasteiger partial charge in [-0.3, -0.25) is 0 Å². The Hall–Kier alpha value is -2.82. The van der Waals surface area contributed by atoms with Crippen molar-refractivity contribution in [1.82, 2.24) is 0 Å². The quantitative estimate of drug-likeness (QED) is 0.486. The van der Waals surface area contributed by atoms with Crippen LogP contribution in [0.25, 0.3) is 0 Å². The minimum absolute atomic E-state index is 0.0601. The summed E-state index contributed by atoms with van der Waals surface area (Å²) in [6.45, 7) is 3.71. The van der Waals surface area contributed by atoms with Crippen LogP contribution in [0.1, 0.15) is 51.8 Å². The lowest BCUT2D eigenvalue weighted by molar-refractivity contribution is 0.275. The molecular formula is C24H26O4. The molecule has 0 aliphatic rings. The van der Waals surface area contributed by atoms with E-state index in [1.54, 1.807) is 24.3 Å². The number of rotatable bonds is 6. The maximum Gasteiger partial charge on any atom is 0.121 e. The van der Waals surface area contributed by atoms with E-state index in [0.717, 1.165) is 23.1 Å². The Morgan fingerprint density at radius 1 is 0.679 bits per heavy atom. The average Bonchev–Trinajstić information content (AvgIpc) is 2.71. The van der Waals surface area contributed by atoms with Gasteiger partial charge in [-0.15, -0.1) is 0 Å². The minimum Gasteiger partial charge on any atom is -0.508 e. The van der Waals surface area contributed by atoms with Gasteiger partial charge < -0.3 is 20.4 Å². The second-order valence-corrected chi connectivity index (χ2v) is 7.07. The third-order valence-electron chi connectivity index (χ3n) is 5.30. The molecule has 0 radical (unpaired) electrons. The molecule has 0 aromatic heterocycles. The first-order valence-corrected chi connectivity index (χ1v) is 9.43. The van der Waals surface area contributed by atoms with Crippen molar-refractivity contribution in [2.24, 2.45) is 0 Å². The second-order valence-electron chi connectivity index (χ2n) is 7.07. The summed E-state index contributed by atoms with van der Waals surface area (Å²) in [5.74, 6) is -0.0440. The van der Waals surface area contributed by atoms with E-state index < -0.39 is 0 Å². The van der Waals surface area contributed by atoms with Crippen LogP contribution in [0, 0.1) is 6.92 Å². The topological polar surface area (TPSA) is 80.9 Å². The van der Waals surface area contributed by atoms with Gasteiger partial charge in [-0.2, -0.15) is 0 Å². The van der Waals surface area contributed by atoms with Crippen molar-refractivity contribution in [2.45, 2.75) is 39.4 Å². The van der Waals surface area contributed by atoms with E-state index in [-0.39, 0.29) is 30.6 Å². The van der Waals surface area contributed by atoms with E-state index in [9.17, 15) is 20.4 Å². The van der Waals surface area contributed by atoms with E-state index in [4.69, 9.17) is 0 Å². The van der Waals surface area contributed by atoms with Crippen LogP contribution in [0.4, 0.5) is 0 Å². The van der Waals surface area contributed by atoms with Crippen molar-refractivity contribution in [3.63, 3.8) is 0 Å². The fourth-order valence-corrected chi connectivity index (χ4v) is 3.65. The Balaban J connectivity index is 2.22. The molecule has 3 aromatic rings. The van der Waals surface area contributed by atoms with E-state index in [1.165, 1.54) is 11.1 Å². The van der Waals surface area contributed by atoms with Crippen molar-refractivity contribution in [3.8, 4) is 11.5 Å². The van der Waals surface area contributed by atoms with Gasteiger partial charge in [0, 0.05) is 17.0 Å². The zero-order chi connectivity index (χ0) is 20.3. The lowest BCUT2D eigenvalue weighted by atomic mass is 9.82. The van der Waals surface area contributed by atoms with E-state index in [1.807, 2.05) is 12.1 Å². The molecule has 0 aliphatic heterocycles. The molecule has 0 spiro atoms. The van der Waals surface area contributed by atoms with Gasteiger partial charge in [-0.1, -0.05) is 37.3 Å². The van der Waals surface area contributed by atoms with Crippen LogP contribution in [0.3, 0.4) is 0 Å². The fraction of sp³-hybridized carbons (Fsp3) is 0.250. The van der Waals surface area contributed by atoms with Crippen molar-refractivity contribution < 1.29 is 20.4 Å². The van der Waals surface area contributed by atoms with Crippen molar-refractivity contribution in [2.75, 3.05) is 0 Å². The number of aromatic hydroxyl groups is 2. The molecule has 3 aromatic carbocycles. The highest BCUT2D eigenvalue weighted by Gasteiger charge is 2.20.